The van der Waals surface area contributed by atoms with E-state index in [1.54, 1.807) is 6.92 Å². The van der Waals surface area contributed by atoms with Gasteiger partial charge in [-0.05, 0) is 71.4 Å². The van der Waals surface area contributed by atoms with Crippen molar-refractivity contribution in [1.29, 1.82) is 0 Å². The molecular weight excluding hydrogens is 382 g/mol. The van der Waals surface area contributed by atoms with Gasteiger partial charge in [-0.2, -0.15) is 0 Å². The number of ether oxygens (including phenoxy) is 1. The maximum atomic E-state index is 12.7. The summed E-state index contributed by atoms with van der Waals surface area (Å²) < 4.78 is 12.4. The van der Waals surface area contributed by atoms with Crippen LogP contribution < -0.4 is 5.63 Å². The SMILES string of the molecule is Cc1cc(=O)oc(C)c1C(=O)OCC(=O)c1cc(C)n(CCC2=CCCCC2)c1C. The molecule has 0 amide bonds. The van der Waals surface area contributed by atoms with Gasteiger partial charge in [-0.1, -0.05) is 11.6 Å². The van der Waals surface area contributed by atoms with Crippen LogP contribution in [-0.4, -0.2) is 22.9 Å². The Morgan fingerprint density at radius 1 is 1.13 bits per heavy atom. The average Bonchev–Trinajstić information content (AvgIpc) is 2.98. The van der Waals surface area contributed by atoms with Gasteiger partial charge in [0.05, 0.1) is 0 Å². The lowest BCUT2D eigenvalue weighted by Gasteiger charge is -2.15. The van der Waals surface area contributed by atoms with E-state index in [9.17, 15) is 14.4 Å². The Balaban J connectivity index is 1.66. The summed E-state index contributed by atoms with van der Waals surface area (Å²) in [6, 6.07) is 3.10. The molecule has 0 fully saturated rings. The number of ketones is 1. The Kier molecular flexibility index (Phi) is 6.75. The highest BCUT2D eigenvalue weighted by molar-refractivity contribution is 6.00. The highest BCUT2D eigenvalue weighted by Crippen LogP contribution is 2.23. The van der Waals surface area contributed by atoms with Gasteiger partial charge >= 0.3 is 11.6 Å². The highest BCUT2D eigenvalue weighted by Gasteiger charge is 2.21. The van der Waals surface area contributed by atoms with Crippen LogP contribution in [0.3, 0.4) is 0 Å². The first-order valence-electron chi connectivity index (χ1n) is 10.4. The van der Waals surface area contributed by atoms with E-state index in [1.807, 2.05) is 19.9 Å². The second-order valence-electron chi connectivity index (χ2n) is 7.97. The molecule has 160 valence electrons. The van der Waals surface area contributed by atoms with Gasteiger partial charge in [-0.25, -0.2) is 9.59 Å². The maximum absolute atomic E-state index is 12.7. The third-order valence-electron chi connectivity index (χ3n) is 5.79. The molecule has 0 saturated heterocycles. The van der Waals surface area contributed by atoms with Gasteiger partial charge < -0.3 is 13.7 Å². The van der Waals surface area contributed by atoms with Crippen molar-refractivity contribution in [1.82, 2.24) is 4.57 Å². The normalized spacial score (nSPS) is 13.8. The van der Waals surface area contributed by atoms with Gasteiger partial charge in [0.15, 0.2) is 6.61 Å². The molecule has 2 aromatic rings. The first kappa shape index (κ1) is 21.8. The van der Waals surface area contributed by atoms with Gasteiger partial charge in [0.25, 0.3) is 0 Å². The molecule has 2 heterocycles. The van der Waals surface area contributed by atoms with E-state index >= 15 is 0 Å². The first-order chi connectivity index (χ1) is 14.3. The summed E-state index contributed by atoms with van der Waals surface area (Å²) >= 11 is 0. The highest BCUT2D eigenvalue weighted by atomic mass is 16.5. The van der Waals surface area contributed by atoms with Crippen LogP contribution in [0.25, 0.3) is 0 Å². The van der Waals surface area contributed by atoms with Crippen molar-refractivity contribution in [3.8, 4) is 0 Å². The van der Waals surface area contributed by atoms with E-state index in [0.29, 0.717) is 11.1 Å². The molecule has 0 radical (unpaired) electrons. The molecule has 1 aliphatic carbocycles. The van der Waals surface area contributed by atoms with Crippen molar-refractivity contribution in [3.05, 3.63) is 68.0 Å². The zero-order chi connectivity index (χ0) is 21.8. The lowest BCUT2D eigenvalue weighted by atomic mass is 9.97. The van der Waals surface area contributed by atoms with Crippen LogP contribution in [-0.2, 0) is 11.3 Å². The summed E-state index contributed by atoms with van der Waals surface area (Å²) in [6.45, 7) is 7.57. The lowest BCUT2D eigenvalue weighted by molar-refractivity contribution is 0.0469. The van der Waals surface area contributed by atoms with Crippen LogP contribution in [0.5, 0.6) is 0 Å². The minimum absolute atomic E-state index is 0.188. The third kappa shape index (κ3) is 4.81. The van der Waals surface area contributed by atoms with Crippen molar-refractivity contribution in [2.45, 2.75) is 66.3 Å². The van der Waals surface area contributed by atoms with Gasteiger partial charge in [-0.15, -0.1) is 0 Å². The molecule has 3 rings (SSSR count). The number of hydrogen-bond donors (Lipinski definition) is 0. The number of aryl methyl sites for hydroxylation is 3. The molecular formula is C24H29NO5. The Morgan fingerprint density at radius 2 is 1.90 bits per heavy atom. The summed E-state index contributed by atoms with van der Waals surface area (Å²) in [5.74, 6) is -0.722. The fourth-order valence-corrected chi connectivity index (χ4v) is 4.16. The van der Waals surface area contributed by atoms with Crippen LogP contribution in [0, 0.1) is 27.7 Å². The zero-order valence-electron chi connectivity index (χ0n) is 18.2. The fourth-order valence-electron chi connectivity index (χ4n) is 4.16. The number of carbonyl (C=O) groups is 2. The molecule has 1 aliphatic rings. The van der Waals surface area contributed by atoms with E-state index in [4.69, 9.17) is 9.15 Å². The van der Waals surface area contributed by atoms with Gasteiger partial charge in [-0.3, -0.25) is 4.79 Å². The summed E-state index contributed by atoms with van der Waals surface area (Å²) in [5, 5.41) is 0. The van der Waals surface area contributed by atoms with Crippen molar-refractivity contribution in [2.75, 3.05) is 6.61 Å². The van der Waals surface area contributed by atoms with Crippen LogP contribution in [0.4, 0.5) is 0 Å². The van der Waals surface area contributed by atoms with E-state index < -0.39 is 11.6 Å². The van der Waals surface area contributed by atoms with Crippen molar-refractivity contribution in [3.63, 3.8) is 0 Å². The minimum Gasteiger partial charge on any atom is -0.454 e. The molecule has 6 heteroatoms. The number of allylic oxidation sites excluding steroid dienone is 2. The predicted molar refractivity (Wildman–Crippen MR) is 114 cm³/mol. The smallest absolute Gasteiger partial charge is 0.342 e. The minimum atomic E-state index is -0.667. The van der Waals surface area contributed by atoms with Crippen molar-refractivity contribution in [2.24, 2.45) is 0 Å². The fraction of sp³-hybridized carbons (Fsp3) is 0.458. The zero-order valence-corrected chi connectivity index (χ0v) is 18.2. The van der Waals surface area contributed by atoms with Gasteiger partial charge in [0, 0.05) is 29.6 Å². The number of aromatic nitrogens is 1. The molecule has 0 bridgehead atoms. The Morgan fingerprint density at radius 3 is 2.57 bits per heavy atom. The van der Waals surface area contributed by atoms with Crippen LogP contribution >= 0.6 is 0 Å². The number of hydrogen-bond acceptors (Lipinski definition) is 5. The topological polar surface area (TPSA) is 78.5 Å². The molecule has 30 heavy (non-hydrogen) atoms. The molecule has 0 aliphatic heterocycles. The van der Waals surface area contributed by atoms with Crippen LogP contribution in [0.2, 0.25) is 0 Å². The quantitative estimate of drug-likeness (QED) is 0.378. The van der Waals surface area contributed by atoms with E-state index in [-0.39, 0.29) is 23.7 Å². The molecule has 6 nitrogen and oxygen atoms in total. The Hall–Kier alpha value is -2.89. The second kappa shape index (κ2) is 9.28. The summed E-state index contributed by atoms with van der Waals surface area (Å²) in [4.78, 5) is 36.5. The van der Waals surface area contributed by atoms with E-state index in [1.165, 1.54) is 37.8 Å². The number of esters is 1. The van der Waals surface area contributed by atoms with Gasteiger partial charge in [0.2, 0.25) is 5.78 Å². The Labute approximate surface area is 176 Å². The number of nitrogens with zero attached hydrogens (tertiary/aromatic N) is 1. The van der Waals surface area contributed by atoms with E-state index in [0.717, 1.165) is 30.8 Å². The number of rotatable bonds is 7. The lowest BCUT2D eigenvalue weighted by Crippen LogP contribution is -2.18. The van der Waals surface area contributed by atoms with Crippen LogP contribution in [0.15, 0.2) is 33.0 Å². The maximum Gasteiger partial charge on any atom is 0.342 e. The number of Topliss-reactive ketones (excluding diaryl/α,β-unsaturated/α-hetero) is 1. The monoisotopic (exact) mass is 411 g/mol. The largest absolute Gasteiger partial charge is 0.454 e. The van der Waals surface area contributed by atoms with Gasteiger partial charge in [0.1, 0.15) is 11.3 Å². The second-order valence-corrected chi connectivity index (χ2v) is 7.97. The summed E-state index contributed by atoms with van der Waals surface area (Å²) in [6.07, 6.45) is 8.21. The third-order valence-corrected chi connectivity index (χ3v) is 5.79. The summed E-state index contributed by atoms with van der Waals surface area (Å²) in [5.41, 5.74) is 4.12. The molecule has 0 aromatic carbocycles. The van der Waals surface area contributed by atoms with Crippen LogP contribution in [0.1, 0.15) is 75.5 Å². The molecule has 0 saturated carbocycles. The summed E-state index contributed by atoms with van der Waals surface area (Å²) in [7, 11) is 0. The Bertz CT molecular complexity index is 1030. The average molecular weight is 411 g/mol. The van der Waals surface area contributed by atoms with E-state index in [2.05, 4.69) is 10.6 Å². The standard InChI is InChI=1S/C24H29NO5/c1-15-12-22(27)30-18(4)23(15)24(28)29-14-21(26)20-13-16(2)25(17(20)3)11-10-19-8-6-5-7-9-19/h8,12-13H,5-7,9-11,14H2,1-4H3. The molecule has 0 unspecified atom stereocenters. The van der Waals surface area contributed by atoms with Crippen molar-refractivity contribution >= 4 is 11.8 Å². The van der Waals surface area contributed by atoms with Crippen molar-refractivity contribution < 1.29 is 18.7 Å². The first-order valence-corrected chi connectivity index (χ1v) is 10.4. The molecule has 0 atom stereocenters. The molecule has 2 aromatic heterocycles. The number of carbonyl (C=O) groups excluding carboxylic acids is 2. The molecule has 0 N–H and O–H groups in total. The molecule has 0 spiro atoms. The predicted octanol–water partition coefficient (Wildman–Crippen LogP) is 4.61.